The summed E-state index contributed by atoms with van der Waals surface area (Å²) in [5.74, 6) is 0.525. The van der Waals surface area contributed by atoms with Crippen molar-refractivity contribution in [3.8, 4) is 0 Å². The molecule has 0 radical (unpaired) electrons. The molecule has 3 atom stereocenters. The lowest BCUT2D eigenvalue weighted by atomic mass is 9.91. The molecule has 2 aromatic heterocycles. The van der Waals surface area contributed by atoms with Gasteiger partial charge in [-0.1, -0.05) is 32.2 Å². The Morgan fingerprint density at radius 2 is 2.19 bits per heavy atom. The zero-order chi connectivity index (χ0) is 22.5. The Labute approximate surface area is 181 Å². The fraction of sp³-hybridized carbons (Fsp3) is 0.500. The van der Waals surface area contributed by atoms with E-state index in [0.717, 1.165) is 36.8 Å². The molecule has 0 aliphatic heterocycles. The molecular weight excluding hydrogens is 398 g/mol. The van der Waals surface area contributed by atoms with Crippen LogP contribution in [0.3, 0.4) is 0 Å². The third-order valence-corrected chi connectivity index (χ3v) is 5.59. The van der Waals surface area contributed by atoms with Gasteiger partial charge < -0.3 is 20.3 Å². The lowest BCUT2D eigenvalue weighted by Crippen LogP contribution is -2.15. The van der Waals surface area contributed by atoms with Crippen LogP contribution in [-0.2, 0) is 9.78 Å². The number of hydrogen-bond donors (Lipinski definition) is 3. The number of aromatic amines is 1. The number of aliphatic hydroxyl groups is 1. The van der Waals surface area contributed by atoms with Gasteiger partial charge in [-0.2, -0.15) is 9.87 Å². The van der Waals surface area contributed by atoms with Crippen LogP contribution in [0.2, 0.25) is 0 Å². The molecule has 1 aliphatic carbocycles. The van der Waals surface area contributed by atoms with E-state index in [0.29, 0.717) is 30.9 Å². The van der Waals surface area contributed by atoms with Crippen LogP contribution in [0.15, 0.2) is 47.8 Å². The quantitative estimate of drug-likeness (QED) is 0.164. The number of imidazole rings is 1. The fourth-order valence-electron chi connectivity index (χ4n) is 4.01. The molecule has 9 nitrogen and oxygen atoms in total. The van der Waals surface area contributed by atoms with Gasteiger partial charge in [0.1, 0.15) is 5.76 Å². The average Bonchev–Trinajstić information content (AvgIpc) is 3.24. The van der Waals surface area contributed by atoms with Gasteiger partial charge in [0, 0.05) is 12.3 Å². The van der Waals surface area contributed by atoms with E-state index >= 15 is 0 Å². The highest BCUT2D eigenvalue weighted by molar-refractivity contribution is 5.71. The lowest BCUT2D eigenvalue weighted by Gasteiger charge is -2.19. The molecule has 0 bridgehead atoms. The number of allylic oxidation sites excluding steroid dienone is 2. The summed E-state index contributed by atoms with van der Waals surface area (Å²) >= 11 is 0. The van der Waals surface area contributed by atoms with Gasteiger partial charge in [-0.15, -0.1) is 0 Å². The molecule has 1 fully saturated rings. The predicted octanol–water partition coefficient (Wildman–Crippen LogP) is 3.17. The number of nitrogens with zero attached hydrogens (tertiary/aromatic N) is 3. The van der Waals surface area contributed by atoms with Crippen LogP contribution in [0.4, 0.5) is 5.95 Å². The number of aromatic nitrogens is 4. The summed E-state index contributed by atoms with van der Waals surface area (Å²) in [4.78, 5) is 33.1. The number of nitrogens with one attached hydrogen (secondary N) is 1. The molecule has 2 aromatic rings. The van der Waals surface area contributed by atoms with E-state index in [9.17, 15) is 9.90 Å². The number of H-pyrrole nitrogens is 1. The fourth-order valence-corrected chi connectivity index (χ4v) is 4.01. The second-order valence-electron chi connectivity index (χ2n) is 8.03. The summed E-state index contributed by atoms with van der Waals surface area (Å²) in [5.41, 5.74) is 7.78. The van der Waals surface area contributed by atoms with Crippen molar-refractivity contribution in [2.24, 2.45) is 5.92 Å². The Kier molecular flexibility index (Phi) is 7.29. The first-order valence-corrected chi connectivity index (χ1v) is 10.5. The van der Waals surface area contributed by atoms with Crippen molar-refractivity contribution in [2.45, 2.75) is 57.6 Å². The van der Waals surface area contributed by atoms with E-state index in [-0.39, 0.29) is 29.0 Å². The van der Waals surface area contributed by atoms with Gasteiger partial charge in [-0.05, 0) is 37.7 Å². The van der Waals surface area contributed by atoms with Crippen molar-refractivity contribution < 1.29 is 14.9 Å². The first kappa shape index (κ1) is 22.8. The van der Waals surface area contributed by atoms with Crippen LogP contribution in [-0.4, -0.2) is 37.3 Å². The van der Waals surface area contributed by atoms with Crippen LogP contribution in [0.1, 0.15) is 51.5 Å². The molecule has 168 valence electrons. The minimum Gasteiger partial charge on any atom is -0.392 e. The monoisotopic (exact) mass is 429 g/mol. The van der Waals surface area contributed by atoms with E-state index in [1.165, 1.54) is 0 Å². The van der Waals surface area contributed by atoms with Crippen LogP contribution in [0.25, 0.3) is 11.2 Å². The molecule has 0 amide bonds. The second-order valence-corrected chi connectivity index (χ2v) is 8.03. The molecule has 0 aromatic carbocycles. The minimum atomic E-state index is -0.567. The van der Waals surface area contributed by atoms with Crippen LogP contribution in [0, 0.1) is 5.92 Å². The predicted molar refractivity (Wildman–Crippen MR) is 119 cm³/mol. The minimum absolute atomic E-state index is 0.0257. The molecule has 0 saturated heterocycles. The molecule has 0 spiro atoms. The molecule has 1 aliphatic rings. The smallest absolute Gasteiger partial charge is 0.280 e. The highest BCUT2D eigenvalue weighted by atomic mass is 17.2. The van der Waals surface area contributed by atoms with Crippen molar-refractivity contribution in [3.63, 3.8) is 0 Å². The summed E-state index contributed by atoms with van der Waals surface area (Å²) in [5, 5.41) is 10.7. The molecule has 31 heavy (non-hydrogen) atoms. The normalized spacial score (nSPS) is 21.0. The summed E-state index contributed by atoms with van der Waals surface area (Å²) in [6, 6.07) is -0.215. The first-order valence-electron chi connectivity index (χ1n) is 10.5. The van der Waals surface area contributed by atoms with Gasteiger partial charge in [0.2, 0.25) is 5.95 Å². The SMILES string of the molecule is C=C(CCCOOC(=C)CCC)C[C@H]1C(=C)[C@@H](n2cnc3c(=O)[nH]c(N)nc32)C[C@@H]1O. The lowest BCUT2D eigenvalue weighted by molar-refractivity contribution is -0.263. The standard InChI is InChI=1S/C22H31N5O4/c1-5-7-14(3)31-30-9-6-8-13(2)10-16-15(4)17(11-18(16)28)27-12-24-19-20(27)25-22(23)26-21(19)29/h12,16-18,28H,2-11H2,1H3,(H3,23,25,26,29)/t16-,17-,18-/m0/s1. The third kappa shape index (κ3) is 5.23. The Morgan fingerprint density at radius 3 is 2.94 bits per heavy atom. The van der Waals surface area contributed by atoms with Crippen molar-refractivity contribution in [1.82, 2.24) is 19.5 Å². The molecule has 9 heteroatoms. The van der Waals surface area contributed by atoms with Crippen molar-refractivity contribution in [3.05, 3.63) is 53.3 Å². The molecular formula is C22H31N5O4. The number of aliphatic hydroxyl groups excluding tert-OH is 1. The van der Waals surface area contributed by atoms with Gasteiger partial charge in [0.05, 0.1) is 25.1 Å². The highest BCUT2D eigenvalue weighted by Crippen LogP contribution is 2.43. The Hall–Kier alpha value is -2.91. The topological polar surface area (TPSA) is 128 Å². The average molecular weight is 430 g/mol. The number of nitrogens with two attached hydrogens (primary N) is 1. The van der Waals surface area contributed by atoms with E-state index in [1.54, 1.807) is 10.9 Å². The summed E-state index contributed by atoms with van der Waals surface area (Å²) in [7, 11) is 0. The molecule has 0 unspecified atom stereocenters. The molecule has 3 rings (SSSR count). The van der Waals surface area contributed by atoms with Crippen molar-refractivity contribution in [1.29, 1.82) is 0 Å². The maximum absolute atomic E-state index is 12.0. The number of fused-ring (bicyclic) bond motifs is 1. The number of nitrogen functional groups attached to an aromatic ring is 1. The summed E-state index contributed by atoms with van der Waals surface area (Å²) in [6.07, 6.45) is 5.33. The highest BCUT2D eigenvalue weighted by Gasteiger charge is 2.38. The third-order valence-electron chi connectivity index (χ3n) is 5.59. The van der Waals surface area contributed by atoms with E-state index in [2.05, 4.69) is 41.6 Å². The Bertz CT molecular complexity index is 1020. The molecule has 1 saturated carbocycles. The van der Waals surface area contributed by atoms with Gasteiger partial charge >= 0.3 is 0 Å². The van der Waals surface area contributed by atoms with Gasteiger partial charge in [-0.3, -0.25) is 9.78 Å². The maximum Gasteiger partial charge on any atom is 0.280 e. The summed E-state index contributed by atoms with van der Waals surface area (Å²) < 4.78 is 1.77. The second kappa shape index (κ2) is 9.93. The first-order chi connectivity index (χ1) is 14.8. The van der Waals surface area contributed by atoms with E-state index in [4.69, 9.17) is 15.5 Å². The van der Waals surface area contributed by atoms with Crippen molar-refractivity contribution >= 4 is 17.1 Å². The van der Waals surface area contributed by atoms with Crippen LogP contribution >= 0.6 is 0 Å². The zero-order valence-corrected chi connectivity index (χ0v) is 18.0. The molecule has 4 N–H and O–H groups in total. The Balaban J connectivity index is 1.56. The van der Waals surface area contributed by atoms with E-state index < -0.39 is 6.10 Å². The Morgan fingerprint density at radius 1 is 1.42 bits per heavy atom. The van der Waals surface area contributed by atoms with E-state index in [1.807, 2.05) is 0 Å². The maximum atomic E-state index is 12.0. The zero-order valence-electron chi connectivity index (χ0n) is 18.0. The van der Waals surface area contributed by atoms with Crippen LogP contribution < -0.4 is 11.3 Å². The van der Waals surface area contributed by atoms with Gasteiger partial charge in [-0.25, -0.2) is 4.98 Å². The van der Waals surface area contributed by atoms with Crippen molar-refractivity contribution in [2.75, 3.05) is 12.3 Å². The summed E-state index contributed by atoms with van der Waals surface area (Å²) in [6.45, 7) is 14.7. The number of anilines is 1. The largest absolute Gasteiger partial charge is 0.392 e. The number of hydrogen-bond acceptors (Lipinski definition) is 7. The van der Waals surface area contributed by atoms with Gasteiger partial charge in [0.15, 0.2) is 11.2 Å². The van der Waals surface area contributed by atoms with Crippen LogP contribution in [0.5, 0.6) is 0 Å². The molecule has 2 heterocycles. The number of rotatable bonds is 11. The van der Waals surface area contributed by atoms with Gasteiger partial charge in [0.25, 0.3) is 5.56 Å².